The number of hydrogen-bond acceptors (Lipinski definition) is 7. The van der Waals surface area contributed by atoms with Crippen molar-refractivity contribution in [2.45, 2.75) is 118 Å². The second kappa shape index (κ2) is 23.5. The predicted molar refractivity (Wildman–Crippen MR) is 376 cm³/mol. The fourth-order valence-corrected chi connectivity index (χ4v) is 12.3. The van der Waals surface area contributed by atoms with E-state index >= 15 is 0 Å². The number of carbonyl (C=O) groups excluding carboxylic acids is 2. The molecule has 3 heterocycles. The zero-order chi connectivity index (χ0) is 64.4. The van der Waals surface area contributed by atoms with Crippen molar-refractivity contribution in [2.24, 2.45) is 0 Å². The lowest BCUT2D eigenvalue weighted by Crippen LogP contribution is -2.17. The van der Waals surface area contributed by atoms with Crippen LogP contribution in [0.15, 0.2) is 224 Å². The largest absolute Gasteiger partial charge is 0.457 e. The van der Waals surface area contributed by atoms with Crippen molar-refractivity contribution in [1.82, 2.24) is 24.1 Å². The number of carbonyl (C=O) groups is 2. The third-order valence-corrected chi connectivity index (χ3v) is 17.7. The molecule has 10 aromatic carbocycles. The minimum absolute atomic E-state index is 0.121. The Morgan fingerprint density at radius 1 is 0.326 bits per heavy atom. The van der Waals surface area contributed by atoms with E-state index in [1.54, 1.807) is 0 Å². The van der Waals surface area contributed by atoms with E-state index in [2.05, 4.69) is 220 Å². The van der Waals surface area contributed by atoms with Crippen LogP contribution >= 0.6 is 0 Å². The van der Waals surface area contributed by atoms with Crippen LogP contribution in [0.5, 0.6) is 0 Å². The minimum Gasteiger partial charge on any atom is -0.457 e. The second-order valence-electron chi connectivity index (χ2n) is 28.4. The summed E-state index contributed by atoms with van der Waals surface area (Å²) in [5, 5.41) is 3.80. The van der Waals surface area contributed by atoms with Gasteiger partial charge in [0.15, 0.2) is 17.5 Å². The number of benzene rings is 10. The summed E-state index contributed by atoms with van der Waals surface area (Å²) >= 11 is 0. The summed E-state index contributed by atoms with van der Waals surface area (Å²) in [7, 11) is 0. The molecule has 0 atom stereocenters. The van der Waals surface area contributed by atoms with E-state index in [1.165, 1.54) is 22.3 Å². The summed E-state index contributed by atoms with van der Waals surface area (Å²) in [5.41, 5.74) is 16.7. The molecule has 0 aliphatic rings. The Balaban J connectivity index is 1.06. The van der Waals surface area contributed by atoms with Crippen LogP contribution < -0.4 is 0 Å². The van der Waals surface area contributed by atoms with Gasteiger partial charge in [-0.05, 0) is 152 Å². The van der Waals surface area contributed by atoms with Gasteiger partial charge in [-0.15, -0.1) is 0 Å². The zero-order valence-corrected chi connectivity index (χ0v) is 54.6. The summed E-state index contributed by atoms with van der Waals surface area (Å²) in [5.74, 6) is 0.794. The number of rotatable bonds is 12. The van der Waals surface area contributed by atoms with Crippen molar-refractivity contribution in [3.8, 4) is 56.7 Å². The fraction of sp³-hybridized carbons (Fsp3) is 0.217. The van der Waals surface area contributed by atoms with Gasteiger partial charge in [0.05, 0.1) is 44.6 Å². The lowest BCUT2D eigenvalue weighted by atomic mass is 9.79. The molecule has 0 radical (unpaired) electrons. The molecule has 0 saturated carbocycles. The van der Waals surface area contributed by atoms with Crippen molar-refractivity contribution in [2.75, 3.05) is 0 Å². The molecule has 0 saturated heterocycles. The van der Waals surface area contributed by atoms with Gasteiger partial charge in [0.1, 0.15) is 13.2 Å². The number of esters is 2. The summed E-state index contributed by atoms with van der Waals surface area (Å²) in [6.45, 7) is 27.4. The normalized spacial score (nSPS) is 12.3. The lowest BCUT2D eigenvalue weighted by Gasteiger charge is -2.26. The molecule has 13 rings (SSSR count). The first-order chi connectivity index (χ1) is 43.9. The van der Waals surface area contributed by atoms with E-state index in [9.17, 15) is 9.59 Å². The minimum atomic E-state index is -0.458. The number of hydrogen-bond donors (Lipinski definition) is 0. The van der Waals surface area contributed by atoms with E-state index in [1.807, 2.05) is 97.1 Å². The van der Waals surface area contributed by atoms with Crippen molar-refractivity contribution in [3.05, 3.63) is 269 Å². The molecule has 9 heteroatoms. The molecule has 92 heavy (non-hydrogen) atoms. The van der Waals surface area contributed by atoms with Crippen LogP contribution in [-0.4, -0.2) is 36.0 Å². The van der Waals surface area contributed by atoms with Crippen molar-refractivity contribution in [3.63, 3.8) is 0 Å². The molecule has 9 nitrogen and oxygen atoms in total. The number of fused-ring (bicyclic) bond motifs is 6. The summed E-state index contributed by atoms with van der Waals surface area (Å²) in [4.78, 5) is 44.8. The molecule has 0 N–H and O–H groups in total. The van der Waals surface area contributed by atoms with Gasteiger partial charge in [-0.3, -0.25) is 0 Å². The smallest absolute Gasteiger partial charge is 0.338 e. The highest BCUT2D eigenvalue weighted by Crippen LogP contribution is 2.44. The van der Waals surface area contributed by atoms with Crippen LogP contribution in [0, 0.1) is 0 Å². The zero-order valence-electron chi connectivity index (χ0n) is 54.6. The Bertz CT molecular complexity index is 4680. The number of nitrogens with zero attached hydrogens (tertiary/aromatic N) is 5. The molecule has 0 aliphatic carbocycles. The number of aromatic nitrogens is 5. The standard InChI is InChI=1S/C83H77N5O4/c1-80(2,3)59-41-57(42-60(48-59)81(4,5)6)76-84-75(85-77(86-76)58-43-61(82(7,8)9)49-62(44-58)83(10,11)12)54-35-38-72(87-69-32-22-19-29-63(69)64-30-20-23-33-70(64)87)66(45-54)65-31-21-24-34-71(65)88-73-39-36-55(78(89)91-50-52-25-15-13-16-26-52)46-67(73)68-47-56(37-40-74(68)88)79(90)92-51-53-27-17-14-18-28-53/h13-49H,50-51H2,1-12H3. The van der Waals surface area contributed by atoms with Gasteiger partial charge in [0.2, 0.25) is 0 Å². The van der Waals surface area contributed by atoms with Gasteiger partial charge in [-0.2, -0.15) is 0 Å². The molecule has 0 spiro atoms. The quantitative estimate of drug-likeness (QED) is 0.112. The van der Waals surface area contributed by atoms with Crippen molar-refractivity contribution in [1.29, 1.82) is 0 Å². The van der Waals surface area contributed by atoms with E-state index in [0.717, 1.165) is 93.9 Å². The highest BCUT2D eigenvalue weighted by Gasteiger charge is 2.28. The molecule has 458 valence electrons. The molecule has 3 aromatic heterocycles. The summed E-state index contributed by atoms with van der Waals surface area (Å²) < 4.78 is 16.5. The van der Waals surface area contributed by atoms with E-state index in [0.29, 0.717) is 28.6 Å². The molecule has 0 amide bonds. The Morgan fingerprint density at radius 2 is 0.685 bits per heavy atom. The lowest BCUT2D eigenvalue weighted by molar-refractivity contribution is 0.0464. The van der Waals surface area contributed by atoms with Gasteiger partial charge >= 0.3 is 11.9 Å². The van der Waals surface area contributed by atoms with Gasteiger partial charge in [-0.1, -0.05) is 210 Å². The van der Waals surface area contributed by atoms with Gasteiger partial charge in [0, 0.05) is 49.4 Å². The first-order valence-corrected chi connectivity index (χ1v) is 31.8. The average Bonchev–Trinajstić information content (AvgIpc) is 1.52. The maximum Gasteiger partial charge on any atom is 0.338 e. The van der Waals surface area contributed by atoms with Crippen molar-refractivity contribution < 1.29 is 19.1 Å². The summed E-state index contributed by atoms with van der Waals surface area (Å²) in [6.07, 6.45) is 0. The van der Waals surface area contributed by atoms with Crippen LogP contribution in [0.2, 0.25) is 0 Å². The Kier molecular flexibility index (Phi) is 15.5. The summed E-state index contributed by atoms with van der Waals surface area (Å²) in [6, 6.07) is 76.7. The SMILES string of the molecule is CC(C)(C)c1cc(-c2nc(-c3cc(C(C)(C)C)cc(C(C)(C)C)c3)nc(-c3ccc(-n4c5ccccc5c5ccccc54)c(-c4ccccc4-n4c5ccc(C(=O)OCc6ccccc6)cc5c5cc(C(=O)OCc6ccccc6)ccc54)c3)n2)cc(C(C)(C)C)c1. The van der Waals surface area contributed by atoms with Crippen LogP contribution in [0.25, 0.3) is 100 Å². The fourth-order valence-electron chi connectivity index (χ4n) is 12.3. The monoisotopic (exact) mass is 1210 g/mol. The second-order valence-corrected chi connectivity index (χ2v) is 28.4. The van der Waals surface area contributed by atoms with E-state index < -0.39 is 11.9 Å². The Labute approximate surface area is 539 Å². The average molecular weight is 1210 g/mol. The third kappa shape index (κ3) is 11.9. The number of para-hydroxylation sites is 3. The van der Waals surface area contributed by atoms with Gasteiger partial charge in [-0.25, -0.2) is 24.5 Å². The molecule has 0 bridgehead atoms. The predicted octanol–water partition coefficient (Wildman–Crippen LogP) is 20.6. The van der Waals surface area contributed by atoms with Crippen LogP contribution in [-0.2, 0) is 44.3 Å². The topological polar surface area (TPSA) is 101 Å². The first-order valence-electron chi connectivity index (χ1n) is 31.8. The number of ether oxygens (including phenoxy) is 2. The van der Waals surface area contributed by atoms with Gasteiger partial charge < -0.3 is 18.6 Å². The highest BCUT2D eigenvalue weighted by atomic mass is 16.5. The molecule has 0 aliphatic heterocycles. The van der Waals surface area contributed by atoms with E-state index in [-0.39, 0.29) is 34.9 Å². The molecular weight excluding hydrogens is 1130 g/mol. The van der Waals surface area contributed by atoms with Gasteiger partial charge in [0.25, 0.3) is 0 Å². The van der Waals surface area contributed by atoms with Crippen LogP contribution in [0.1, 0.15) is 137 Å². The van der Waals surface area contributed by atoms with Crippen LogP contribution in [0.3, 0.4) is 0 Å². The van der Waals surface area contributed by atoms with E-state index in [4.69, 9.17) is 24.4 Å². The Morgan fingerprint density at radius 3 is 1.11 bits per heavy atom. The third-order valence-electron chi connectivity index (χ3n) is 17.7. The highest BCUT2D eigenvalue weighted by molar-refractivity contribution is 6.14. The molecule has 13 aromatic rings. The van der Waals surface area contributed by atoms with Crippen molar-refractivity contribution >= 4 is 55.6 Å². The molecular formula is C83H77N5O4. The molecule has 0 unspecified atom stereocenters. The maximum atomic E-state index is 14.1. The Hall–Kier alpha value is -10.3. The maximum absolute atomic E-state index is 14.1. The van der Waals surface area contributed by atoms with Crippen LogP contribution in [0.4, 0.5) is 0 Å². The molecule has 0 fully saturated rings. The first kappa shape index (κ1) is 60.6.